The molecule has 0 radical (unpaired) electrons. The van der Waals surface area contributed by atoms with Crippen LogP contribution in [0.2, 0.25) is 0 Å². The zero-order chi connectivity index (χ0) is 19.6. The molecule has 0 bridgehead atoms. The molecule has 3 rings (SSSR count). The number of pyridine rings is 1. The predicted molar refractivity (Wildman–Crippen MR) is 99.7 cm³/mol. The van der Waals surface area contributed by atoms with E-state index in [-0.39, 0.29) is 11.8 Å². The van der Waals surface area contributed by atoms with Gasteiger partial charge in [0.25, 0.3) is 5.91 Å². The van der Waals surface area contributed by atoms with Crippen LogP contribution in [0.15, 0.2) is 36.5 Å². The Hall–Kier alpha value is -3.40. The van der Waals surface area contributed by atoms with E-state index in [9.17, 15) is 14.9 Å². The zero-order valence-electron chi connectivity index (χ0n) is 15.4. The first-order chi connectivity index (χ1) is 12.9. The van der Waals surface area contributed by atoms with E-state index in [0.29, 0.717) is 29.3 Å². The van der Waals surface area contributed by atoms with Crippen molar-refractivity contribution in [3.05, 3.63) is 47.7 Å². The van der Waals surface area contributed by atoms with E-state index in [0.717, 1.165) is 10.5 Å². The Morgan fingerprint density at radius 2 is 2.07 bits per heavy atom. The van der Waals surface area contributed by atoms with E-state index in [1.807, 2.05) is 26.8 Å². The van der Waals surface area contributed by atoms with Gasteiger partial charge in [0, 0.05) is 6.07 Å². The molecule has 0 unspecified atom stereocenters. The van der Waals surface area contributed by atoms with Crippen LogP contribution in [-0.4, -0.2) is 23.0 Å². The van der Waals surface area contributed by atoms with Crippen LogP contribution in [0.3, 0.4) is 0 Å². The highest BCUT2D eigenvalue weighted by Gasteiger charge is 2.37. The normalized spacial score (nSPS) is 16.4. The van der Waals surface area contributed by atoms with E-state index < -0.39 is 12.1 Å². The van der Waals surface area contributed by atoms with Crippen LogP contribution >= 0.6 is 0 Å². The van der Waals surface area contributed by atoms with Crippen LogP contribution in [-0.2, 0) is 4.79 Å². The summed E-state index contributed by atoms with van der Waals surface area (Å²) in [5.74, 6) is 0.799. The largest absolute Gasteiger partial charge is 0.439 e. The summed E-state index contributed by atoms with van der Waals surface area (Å²) in [6, 6.07) is 9.70. The molecular weight excluding hydrogens is 344 g/mol. The summed E-state index contributed by atoms with van der Waals surface area (Å²) in [5, 5.41) is 11.8. The molecule has 1 aliphatic rings. The number of carbonyl (C=O) groups excluding carboxylic acids is 2. The number of aromatic nitrogens is 1. The first kappa shape index (κ1) is 18.4. The molecule has 7 heteroatoms. The van der Waals surface area contributed by atoms with E-state index >= 15 is 0 Å². The SMILES string of the molecule is CC[C@H]1NC(=O)N(c2ccc(Oc3ccc(C#N)c(C(C)C)c3)nc2)C1=O. The van der Waals surface area contributed by atoms with Crippen LogP contribution in [0.25, 0.3) is 0 Å². The van der Waals surface area contributed by atoms with Crippen LogP contribution in [0.4, 0.5) is 10.5 Å². The number of rotatable bonds is 5. The predicted octanol–water partition coefficient (Wildman–Crippen LogP) is 3.70. The number of nitrogens with one attached hydrogen (secondary N) is 1. The maximum Gasteiger partial charge on any atom is 0.329 e. The van der Waals surface area contributed by atoms with Crippen LogP contribution in [0, 0.1) is 11.3 Å². The summed E-state index contributed by atoms with van der Waals surface area (Å²) < 4.78 is 5.76. The van der Waals surface area contributed by atoms with Gasteiger partial charge in [0.1, 0.15) is 11.8 Å². The fourth-order valence-corrected chi connectivity index (χ4v) is 2.92. The van der Waals surface area contributed by atoms with Gasteiger partial charge < -0.3 is 10.1 Å². The van der Waals surface area contributed by atoms with Crippen molar-refractivity contribution in [2.75, 3.05) is 4.90 Å². The number of benzene rings is 1. The minimum absolute atomic E-state index is 0.185. The fraction of sp³-hybridized carbons (Fsp3) is 0.300. The summed E-state index contributed by atoms with van der Waals surface area (Å²) in [4.78, 5) is 29.5. The minimum atomic E-state index is -0.499. The Bertz CT molecular complexity index is 916. The average Bonchev–Trinajstić information content (AvgIpc) is 2.96. The number of imide groups is 1. The van der Waals surface area contributed by atoms with Crippen molar-refractivity contribution in [3.8, 4) is 17.7 Å². The Balaban J connectivity index is 1.79. The highest BCUT2D eigenvalue weighted by Crippen LogP contribution is 2.28. The van der Waals surface area contributed by atoms with E-state index in [1.54, 1.807) is 24.3 Å². The summed E-state index contributed by atoms with van der Waals surface area (Å²) in [6.45, 7) is 5.86. The van der Waals surface area contributed by atoms with Gasteiger partial charge in [-0.1, -0.05) is 20.8 Å². The average molecular weight is 364 g/mol. The number of ether oxygens (including phenoxy) is 1. The van der Waals surface area contributed by atoms with Crippen molar-refractivity contribution < 1.29 is 14.3 Å². The number of carbonyl (C=O) groups is 2. The van der Waals surface area contributed by atoms with Gasteiger partial charge in [0.2, 0.25) is 5.88 Å². The topological polar surface area (TPSA) is 95.3 Å². The van der Waals surface area contributed by atoms with Crippen molar-refractivity contribution in [2.45, 2.75) is 39.2 Å². The second-order valence-electron chi connectivity index (χ2n) is 6.56. The molecular formula is C20H20N4O3. The molecule has 1 fully saturated rings. The maximum absolute atomic E-state index is 12.2. The molecule has 1 N–H and O–H groups in total. The van der Waals surface area contributed by atoms with E-state index in [2.05, 4.69) is 16.4 Å². The fourth-order valence-electron chi connectivity index (χ4n) is 2.92. The molecule has 1 atom stereocenters. The van der Waals surface area contributed by atoms with Crippen molar-refractivity contribution in [1.29, 1.82) is 5.26 Å². The van der Waals surface area contributed by atoms with Gasteiger partial charge in [-0.2, -0.15) is 5.26 Å². The number of hydrogen-bond donors (Lipinski definition) is 1. The molecule has 27 heavy (non-hydrogen) atoms. The second-order valence-corrected chi connectivity index (χ2v) is 6.56. The van der Waals surface area contributed by atoms with Gasteiger partial charge in [0.15, 0.2) is 0 Å². The highest BCUT2D eigenvalue weighted by molar-refractivity contribution is 6.21. The molecule has 3 amide bonds. The summed E-state index contributed by atoms with van der Waals surface area (Å²) in [6.07, 6.45) is 1.96. The second kappa shape index (κ2) is 7.46. The third kappa shape index (κ3) is 3.60. The van der Waals surface area contributed by atoms with Gasteiger partial charge in [0.05, 0.1) is 23.5 Å². The number of anilines is 1. The van der Waals surface area contributed by atoms with Crippen LogP contribution in [0.5, 0.6) is 11.6 Å². The summed E-state index contributed by atoms with van der Waals surface area (Å²) >= 11 is 0. The van der Waals surface area contributed by atoms with E-state index in [4.69, 9.17) is 4.74 Å². The van der Waals surface area contributed by atoms with Crippen molar-refractivity contribution in [3.63, 3.8) is 0 Å². The minimum Gasteiger partial charge on any atom is -0.439 e. The quantitative estimate of drug-likeness (QED) is 0.816. The third-order valence-electron chi connectivity index (χ3n) is 4.39. The van der Waals surface area contributed by atoms with Crippen LogP contribution in [0.1, 0.15) is 44.2 Å². The molecule has 0 aliphatic carbocycles. The lowest BCUT2D eigenvalue weighted by Gasteiger charge is -2.14. The summed E-state index contributed by atoms with van der Waals surface area (Å²) in [7, 11) is 0. The lowest BCUT2D eigenvalue weighted by atomic mass is 9.98. The third-order valence-corrected chi connectivity index (χ3v) is 4.39. The molecule has 138 valence electrons. The molecule has 1 aliphatic heterocycles. The standard InChI is InChI=1S/C20H20N4O3/c1-4-17-19(25)24(20(26)23-17)14-6-8-18(22-11-14)27-15-7-5-13(10-21)16(9-15)12(2)3/h5-9,11-12,17H,4H2,1-3H3,(H,23,26)/t17-/m1/s1. The van der Waals surface area contributed by atoms with Gasteiger partial charge in [-0.05, 0) is 42.2 Å². The molecule has 2 aromatic rings. The summed E-state index contributed by atoms with van der Waals surface area (Å²) in [5.41, 5.74) is 1.91. The zero-order valence-corrected chi connectivity index (χ0v) is 15.4. The molecule has 1 aromatic heterocycles. The lowest BCUT2D eigenvalue weighted by molar-refractivity contribution is -0.118. The Morgan fingerprint density at radius 1 is 1.30 bits per heavy atom. The monoisotopic (exact) mass is 364 g/mol. The smallest absolute Gasteiger partial charge is 0.329 e. The molecule has 1 saturated heterocycles. The highest BCUT2D eigenvalue weighted by atomic mass is 16.5. The number of amides is 3. The first-order valence-electron chi connectivity index (χ1n) is 8.77. The number of nitriles is 1. The van der Waals surface area contributed by atoms with Crippen LogP contribution < -0.4 is 15.0 Å². The molecule has 0 spiro atoms. The van der Waals surface area contributed by atoms with E-state index in [1.165, 1.54) is 6.20 Å². The van der Waals surface area contributed by atoms with Gasteiger partial charge >= 0.3 is 6.03 Å². The van der Waals surface area contributed by atoms with Crippen molar-refractivity contribution in [2.24, 2.45) is 0 Å². The van der Waals surface area contributed by atoms with Gasteiger partial charge in [-0.25, -0.2) is 14.7 Å². The lowest BCUT2D eigenvalue weighted by Crippen LogP contribution is -2.31. The Morgan fingerprint density at radius 3 is 2.63 bits per heavy atom. The first-order valence-corrected chi connectivity index (χ1v) is 8.77. The maximum atomic E-state index is 12.2. The number of hydrogen-bond acceptors (Lipinski definition) is 5. The van der Waals surface area contributed by atoms with Crippen molar-refractivity contribution >= 4 is 17.6 Å². The Kier molecular flexibility index (Phi) is 5.08. The molecule has 1 aromatic carbocycles. The Labute approximate surface area is 157 Å². The number of urea groups is 1. The van der Waals surface area contributed by atoms with Crippen molar-refractivity contribution in [1.82, 2.24) is 10.3 Å². The molecule has 7 nitrogen and oxygen atoms in total. The van der Waals surface area contributed by atoms with Gasteiger partial charge in [-0.3, -0.25) is 4.79 Å². The van der Waals surface area contributed by atoms with Gasteiger partial charge in [-0.15, -0.1) is 0 Å². The molecule has 0 saturated carbocycles. The molecule has 2 heterocycles. The number of nitrogens with zero attached hydrogens (tertiary/aromatic N) is 3.